The minimum absolute atomic E-state index is 0.159. The zero-order valence-corrected chi connectivity index (χ0v) is 10.9. The maximum atomic E-state index is 10.7. The quantitative estimate of drug-likeness (QED) is 0.439. The first-order chi connectivity index (χ1) is 6.58. The molecule has 0 aliphatic rings. The lowest BCUT2D eigenvalue weighted by Crippen LogP contribution is -2.08. The van der Waals surface area contributed by atoms with E-state index in [1.807, 2.05) is 0 Å². The lowest BCUT2D eigenvalue weighted by molar-refractivity contribution is 0.271. The van der Waals surface area contributed by atoms with E-state index in [1.54, 1.807) is 45.2 Å². The van der Waals surface area contributed by atoms with Crippen molar-refractivity contribution in [2.24, 2.45) is 0 Å². The largest absolute Gasteiger partial charge is 0.302 e. The molecule has 0 aromatic carbocycles. The molecule has 74 valence electrons. The molecule has 0 bridgehead atoms. The summed E-state index contributed by atoms with van der Waals surface area (Å²) in [5.74, 6) is 0.506. The van der Waals surface area contributed by atoms with Crippen LogP contribution in [0.25, 0.3) is 0 Å². The van der Waals surface area contributed by atoms with Crippen molar-refractivity contribution in [1.82, 2.24) is 9.97 Å². The zero-order chi connectivity index (χ0) is 10.6. The summed E-state index contributed by atoms with van der Waals surface area (Å²) in [6.07, 6.45) is 1.44. The average molecular weight is 418 g/mol. The fourth-order valence-electron chi connectivity index (χ4n) is 0.677. The van der Waals surface area contributed by atoms with E-state index in [0.717, 1.165) is 0 Å². The molecule has 0 saturated carbocycles. The van der Waals surface area contributed by atoms with Crippen LogP contribution in [0.15, 0.2) is 12.3 Å². The third kappa shape index (κ3) is 4.13. The minimum atomic E-state index is -0.291. The van der Waals surface area contributed by atoms with Gasteiger partial charge in [0.25, 0.3) is 7.83 Å². The Kier molecular flexibility index (Phi) is 4.44. The normalized spacial score (nSPS) is 9.29. The van der Waals surface area contributed by atoms with Crippen LogP contribution >= 0.6 is 45.2 Å². The SMILES string of the molecule is O=C(I)Nc1ccnc(NC(=O)I)n1. The Labute approximate surface area is 107 Å². The van der Waals surface area contributed by atoms with Gasteiger partial charge in [0, 0.05) is 51.4 Å². The number of nitrogens with zero attached hydrogens (tertiary/aromatic N) is 2. The Balaban J connectivity index is 2.78. The van der Waals surface area contributed by atoms with Gasteiger partial charge in [-0.25, -0.2) is 4.98 Å². The van der Waals surface area contributed by atoms with E-state index in [4.69, 9.17) is 0 Å². The van der Waals surface area contributed by atoms with Gasteiger partial charge < -0.3 is 5.32 Å². The van der Waals surface area contributed by atoms with Crippen LogP contribution in [0.4, 0.5) is 21.4 Å². The van der Waals surface area contributed by atoms with Gasteiger partial charge in [0.2, 0.25) is 5.95 Å². The summed E-state index contributed by atoms with van der Waals surface area (Å²) < 4.78 is -0.548. The maximum absolute atomic E-state index is 10.7. The topological polar surface area (TPSA) is 84.0 Å². The summed E-state index contributed by atoms with van der Waals surface area (Å²) in [6.45, 7) is 0. The molecule has 8 heteroatoms. The molecule has 0 spiro atoms. The van der Waals surface area contributed by atoms with Crippen LogP contribution in [-0.4, -0.2) is 17.8 Å². The number of amides is 2. The van der Waals surface area contributed by atoms with Gasteiger partial charge in [-0.3, -0.25) is 14.9 Å². The zero-order valence-electron chi connectivity index (χ0n) is 6.62. The molecule has 2 N–H and O–H groups in total. The number of aromatic nitrogens is 2. The van der Waals surface area contributed by atoms with Gasteiger partial charge in [0.15, 0.2) is 0 Å². The number of halogens is 2. The summed E-state index contributed by atoms with van der Waals surface area (Å²) in [6, 6.07) is 1.53. The third-order valence-corrected chi connectivity index (χ3v) is 1.63. The summed E-state index contributed by atoms with van der Waals surface area (Å²) in [5, 5.41) is 4.85. The van der Waals surface area contributed by atoms with Gasteiger partial charge in [0.05, 0.1) is 0 Å². The van der Waals surface area contributed by atoms with Crippen LogP contribution in [0.1, 0.15) is 0 Å². The number of nitrogens with one attached hydrogen (secondary N) is 2. The highest BCUT2D eigenvalue weighted by molar-refractivity contribution is 14.1. The van der Waals surface area contributed by atoms with Gasteiger partial charge in [-0.05, 0) is 6.07 Å². The molecular formula is C6H4I2N4O2. The van der Waals surface area contributed by atoms with E-state index in [1.165, 1.54) is 12.3 Å². The first-order valence-electron chi connectivity index (χ1n) is 3.34. The van der Waals surface area contributed by atoms with E-state index in [9.17, 15) is 9.59 Å². The summed E-state index contributed by atoms with van der Waals surface area (Å²) in [5.41, 5.74) is 0. The van der Waals surface area contributed by atoms with Gasteiger partial charge in [-0.2, -0.15) is 4.98 Å². The second-order valence-electron chi connectivity index (χ2n) is 2.06. The van der Waals surface area contributed by atoms with Crippen molar-refractivity contribution in [3.05, 3.63) is 12.3 Å². The van der Waals surface area contributed by atoms with E-state index in [0.29, 0.717) is 5.82 Å². The number of carbonyl (C=O) groups excluding carboxylic acids is 2. The second kappa shape index (κ2) is 5.38. The van der Waals surface area contributed by atoms with Crippen LogP contribution in [0, 0.1) is 0 Å². The van der Waals surface area contributed by atoms with Gasteiger partial charge >= 0.3 is 0 Å². The Morgan fingerprint density at radius 2 is 1.86 bits per heavy atom. The third-order valence-electron chi connectivity index (χ3n) is 1.09. The Morgan fingerprint density at radius 1 is 1.21 bits per heavy atom. The first-order valence-corrected chi connectivity index (χ1v) is 5.49. The monoisotopic (exact) mass is 418 g/mol. The Bertz CT molecular complexity index is 339. The molecule has 1 aromatic rings. The van der Waals surface area contributed by atoms with Crippen molar-refractivity contribution in [2.75, 3.05) is 10.6 Å². The molecule has 0 aliphatic carbocycles. The van der Waals surface area contributed by atoms with Crippen molar-refractivity contribution in [2.45, 2.75) is 0 Å². The molecule has 0 saturated heterocycles. The van der Waals surface area contributed by atoms with Crippen LogP contribution < -0.4 is 10.6 Å². The van der Waals surface area contributed by atoms with E-state index in [2.05, 4.69) is 20.6 Å². The molecule has 0 atom stereocenters. The van der Waals surface area contributed by atoms with Crippen molar-refractivity contribution in [3.8, 4) is 0 Å². The lowest BCUT2D eigenvalue weighted by Gasteiger charge is -2.02. The number of anilines is 2. The number of hydrogen-bond donors (Lipinski definition) is 2. The predicted molar refractivity (Wildman–Crippen MR) is 68.1 cm³/mol. The Hall–Kier alpha value is -0.520. The van der Waals surface area contributed by atoms with Crippen LogP contribution in [-0.2, 0) is 0 Å². The Morgan fingerprint density at radius 3 is 2.43 bits per heavy atom. The molecular weight excluding hydrogens is 414 g/mol. The van der Waals surface area contributed by atoms with E-state index >= 15 is 0 Å². The van der Waals surface area contributed by atoms with Crippen molar-refractivity contribution >= 4 is 64.8 Å². The lowest BCUT2D eigenvalue weighted by atomic mass is 10.6. The highest BCUT2D eigenvalue weighted by Crippen LogP contribution is 2.08. The summed E-state index contributed by atoms with van der Waals surface area (Å²) >= 11 is 3.15. The van der Waals surface area contributed by atoms with Crippen LogP contribution in [0.2, 0.25) is 0 Å². The number of rotatable bonds is 2. The number of hydrogen-bond acceptors (Lipinski definition) is 4. The molecule has 2 amide bonds. The van der Waals surface area contributed by atoms with Gasteiger partial charge in [0.1, 0.15) is 5.82 Å². The highest BCUT2D eigenvalue weighted by Gasteiger charge is 2.02. The fourth-order valence-corrected chi connectivity index (χ4v) is 1.19. The highest BCUT2D eigenvalue weighted by atomic mass is 127. The molecule has 6 nitrogen and oxygen atoms in total. The fraction of sp³-hybridized carbons (Fsp3) is 0. The predicted octanol–water partition coefficient (Wildman–Crippen LogP) is 2.41. The molecule has 1 aromatic heterocycles. The second-order valence-corrected chi connectivity index (χ2v) is 4.02. The smallest absolute Gasteiger partial charge is 0.287 e. The molecule has 1 rings (SSSR count). The standard InChI is InChI=1S/C6H4I2N4O2/c7-4(13)10-3-1-2-9-6(11-3)12-5(8)14/h1-2H,(H2,9,10,11,12,13,14). The first kappa shape index (κ1) is 11.6. The molecule has 0 unspecified atom stereocenters. The van der Waals surface area contributed by atoms with Crippen LogP contribution in [0.5, 0.6) is 0 Å². The van der Waals surface area contributed by atoms with E-state index < -0.39 is 0 Å². The molecule has 0 radical (unpaired) electrons. The van der Waals surface area contributed by atoms with Crippen molar-refractivity contribution < 1.29 is 9.59 Å². The maximum Gasteiger partial charge on any atom is 0.287 e. The van der Waals surface area contributed by atoms with Crippen LogP contribution in [0.3, 0.4) is 0 Å². The van der Waals surface area contributed by atoms with Crippen molar-refractivity contribution in [3.63, 3.8) is 0 Å². The van der Waals surface area contributed by atoms with Crippen molar-refractivity contribution in [1.29, 1.82) is 0 Å². The summed E-state index contributed by atoms with van der Waals surface area (Å²) in [4.78, 5) is 29.0. The minimum Gasteiger partial charge on any atom is -0.302 e. The summed E-state index contributed by atoms with van der Waals surface area (Å²) in [7, 11) is 0. The molecule has 0 fully saturated rings. The average Bonchev–Trinajstić information content (AvgIpc) is 2.01. The van der Waals surface area contributed by atoms with E-state index in [-0.39, 0.29) is 13.8 Å². The molecule has 1 heterocycles. The van der Waals surface area contributed by atoms with Gasteiger partial charge in [-0.1, -0.05) is 0 Å². The van der Waals surface area contributed by atoms with Gasteiger partial charge in [-0.15, -0.1) is 0 Å². The number of carbonyl (C=O) groups is 2. The molecule has 14 heavy (non-hydrogen) atoms. The molecule has 0 aliphatic heterocycles.